The first-order chi connectivity index (χ1) is 10.2. The maximum absolute atomic E-state index is 14.0. The molecule has 0 aromatic heterocycles. The van der Waals surface area contributed by atoms with Crippen molar-refractivity contribution in [2.75, 3.05) is 24.6 Å². The second-order valence-electron chi connectivity index (χ2n) is 5.20. The number of ether oxygens (including phenoxy) is 1. The molecule has 3 N–H and O–H groups in total. The summed E-state index contributed by atoms with van der Waals surface area (Å²) in [7, 11) is 0. The molecule has 2 rings (SSSR count). The van der Waals surface area contributed by atoms with Crippen molar-refractivity contribution < 1.29 is 14.3 Å². The highest BCUT2D eigenvalue weighted by molar-refractivity contribution is 6.02. The van der Waals surface area contributed by atoms with Gasteiger partial charge in [-0.15, -0.1) is 0 Å². The average molecular weight is 295 g/mol. The molecule has 0 saturated carbocycles. The van der Waals surface area contributed by atoms with Crippen LogP contribution in [0.4, 0.5) is 10.1 Å². The standard InChI is InChI=1S/C15H22FN3O2/c1-2-9-21-11-5-4-8-19(10-11)13-7-3-6-12(16)14(13)15(17)18-20/h3,6-7,11,20H,2,4-5,8-10H2,1H3,(H2,17,18). The van der Waals surface area contributed by atoms with E-state index in [1.165, 1.54) is 6.07 Å². The lowest BCUT2D eigenvalue weighted by atomic mass is 10.0. The molecule has 0 radical (unpaired) electrons. The molecular weight excluding hydrogens is 273 g/mol. The first-order valence-corrected chi connectivity index (χ1v) is 7.30. The number of rotatable bonds is 5. The molecule has 1 atom stereocenters. The summed E-state index contributed by atoms with van der Waals surface area (Å²) < 4.78 is 19.8. The van der Waals surface area contributed by atoms with Gasteiger partial charge in [0, 0.05) is 19.7 Å². The first kappa shape index (κ1) is 15.6. The Hall–Kier alpha value is -1.82. The Morgan fingerprint density at radius 2 is 2.38 bits per heavy atom. The molecule has 1 aromatic carbocycles. The molecule has 1 heterocycles. The van der Waals surface area contributed by atoms with Gasteiger partial charge in [-0.2, -0.15) is 0 Å². The van der Waals surface area contributed by atoms with Crippen LogP contribution in [0.2, 0.25) is 0 Å². The fourth-order valence-corrected chi connectivity index (χ4v) is 2.66. The van der Waals surface area contributed by atoms with Crippen molar-refractivity contribution >= 4 is 11.5 Å². The Balaban J connectivity index is 2.23. The molecule has 0 aliphatic carbocycles. The summed E-state index contributed by atoms with van der Waals surface area (Å²) in [6.45, 7) is 4.30. The van der Waals surface area contributed by atoms with Crippen LogP contribution in [-0.2, 0) is 4.74 Å². The molecular formula is C15H22FN3O2. The summed E-state index contributed by atoms with van der Waals surface area (Å²) in [5.74, 6) is -0.695. The van der Waals surface area contributed by atoms with Gasteiger partial charge in [0.1, 0.15) is 5.82 Å². The monoisotopic (exact) mass is 295 g/mol. The molecule has 116 valence electrons. The predicted molar refractivity (Wildman–Crippen MR) is 80.4 cm³/mol. The van der Waals surface area contributed by atoms with Gasteiger partial charge in [0.05, 0.1) is 17.4 Å². The Morgan fingerprint density at radius 1 is 1.57 bits per heavy atom. The third kappa shape index (κ3) is 3.64. The smallest absolute Gasteiger partial charge is 0.175 e. The molecule has 0 amide bonds. The van der Waals surface area contributed by atoms with Gasteiger partial charge >= 0.3 is 0 Å². The van der Waals surface area contributed by atoms with Gasteiger partial charge in [-0.1, -0.05) is 18.1 Å². The van der Waals surface area contributed by atoms with Crippen LogP contribution in [0.15, 0.2) is 23.4 Å². The van der Waals surface area contributed by atoms with Crippen LogP contribution in [0.1, 0.15) is 31.7 Å². The van der Waals surface area contributed by atoms with E-state index in [1.807, 2.05) is 4.90 Å². The average Bonchev–Trinajstić information content (AvgIpc) is 2.52. The number of hydrogen-bond acceptors (Lipinski definition) is 4. The molecule has 6 heteroatoms. The topological polar surface area (TPSA) is 71.1 Å². The van der Waals surface area contributed by atoms with Gasteiger partial charge in [0.2, 0.25) is 0 Å². The minimum absolute atomic E-state index is 0.141. The van der Waals surface area contributed by atoms with E-state index in [2.05, 4.69) is 12.1 Å². The molecule has 1 aliphatic rings. The quantitative estimate of drug-likeness (QED) is 0.378. The molecule has 0 bridgehead atoms. The number of piperidine rings is 1. The molecule has 1 unspecified atom stereocenters. The molecule has 21 heavy (non-hydrogen) atoms. The molecule has 1 fully saturated rings. The van der Waals surface area contributed by atoms with Crippen molar-refractivity contribution in [1.82, 2.24) is 0 Å². The van der Waals surface area contributed by atoms with Crippen LogP contribution in [0, 0.1) is 5.82 Å². The zero-order valence-corrected chi connectivity index (χ0v) is 12.3. The van der Waals surface area contributed by atoms with Gasteiger partial charge in [0.15, 0.2) is 5.84 Å². The maximum Gasteiger partial charge on any atom is 0.175 e. The number of nitrogens with two attached hydrogens (primary N) is 1. The van der Waals surface area contributed by atoms with Crippen LogP contribution in [-0.4, -0.2) is 36.8 Å². The van der Waals surface area contributed by atoms with E-state index in [4.69, 9.17) is 15.7 Å². The van der Waals surface area contributed by atoms with E-state index in [0.717, 1.165) is 32.4 Å². The fourth-order valence-electron chi connectivity index (χ4n) is 2.66. The number of hydrogen-bond donors (Lipinski definition) is 2. The maximum atomic E-state index is 14.0. The first-order valence-electron chi connectivity index (χ1n) is 7.30. The summed E-state index contributed by atoms with van der Waals surface area (Å²) in [4.78, 5) is 2.04. The summed E-state index contributed by atoms with van der Waals surface area (Å²) in [5.41, 5.74) is 6.42. The lowest BCUT2D eigenvalue weighted by Gasteiger charge is -2.35. The van der Waals surface area contributed by atoms with Gasteiger partial charge in [0.25, 0.3) is 0 Å². The van der Waals surface area contributed by atoms with E-state index < -0.39 is 5.82 Å². The molecule has 1 saturated heterocycles. The minimum Gasteiger partial charge on any atom is -0.409 e. The van der Waals surface area contributed by atoms with Gasteiger partial charge in [-0.05, 0) is 31.4 Å². The predicted octanol–water partition coefficient (Wildman–Crippen LogP) is 2.32. The van der Waals surface area contributed by atoms with E-state index in [9.17, 15) is 4.39 Å². The van der Waals surface area contributed by atoms with E-state index >= 15 is 0 Å². The van der Waals surface area contributed by atoms with E-state index in [-0.39, 0.29) is 17.5 Å². The number of halogens is 1. The number of oxime groups is 1. The SMILES string of the molecule is CCCOC1CCCN(c2cccc(F)c2C(N)=NO)C1. The van der Waals surface area contributed by atoms with Crippen LogP contribution in [0.25, 0.3) is 0 Å². The number of nitrogens with zero attached hydrogens (tertiary/aromatic N) is 2. The van der Waals surface area contributed by atoms with Crippen molar-refractivity contribution in [1.29, 1.82) is 0 Å². The second-order valence-corrected chi connectivity index (χ2v) is 5.20. The zero-order valence-electron chi connectivity index (χ0n) is 12.3. The highest BCUT2D eigenvalue weighted by atomic mass is 19.1. The Bertz CT molecular complexity index is 508. The molecule has 1 aromatic rings. The highest BCUT2D eigenvalue weighted by Crippen LogP contribution is 2.27. The summed E-state index contributed by atoms with van der Waals surface area (Å²) >= 11 is 0. The largest absolute Gasteiger partial charge is 0.409 e. The van der Waals surface area contributed by atoms with Crippen molar-refractivity contribution in [3.8, 4) is 0 Å². The number of amidine groups is 1. The normalized spacial score (nSPS) is 19.8. The van der Waals surface area contributed by atoms with Gasteiger partial charge < -0.3 is 20.6 Å². The Morgan fingerprint density at radius 3 is 3.10 bits per heavy atom. The van der Waals surface area contributed by atoms with E-state index in [0.29, 0.717) is 12.2 Å². The Kier molecular flexibility index (Phi) is 5.38. The summed E-state index contributed by atoms with van der Waals surface area (Å²) in [6.07, 6.45) is 3.10. The van der Waals surface area contributed by atoms with Crippen LogP contribution >= 0.6 is 0 Å². The number of benzene rings is 1. The summed E-state index contributed by atoms with van der Waals surface area (Å²) in [6, 6.07) is 4.74. The second kappa shape index (κ2) is 7.26. The van der Waals surface area contributed by atoms with Crippen LogP contribution in [0.3, 0.4) is 0 Å². The third-order valence-electron chi connectivity index (χ3n) is 3.63. The molecule has 0 spiro atoms. The van der Waals surface area contributed by atoms with Crippen LogP contribution < -0.4 is 10.6 Å². The lowest BCUT2D eigenvalue weighted by Crippen LogP contribution is -2.41. The zero-order chi connectivity index (χ0) is 15.2. The van der Waals surface area contributed by atoms with Crippen molar-refractivity contribution in [2.24, 2.45) is 10.9 Å². The van der Waals surface area contributed by atoms with Gasteiger partial charge in [-0.25, -0.2) is 4.39 Å². The molecule has 1 aliphatic heterocycles. The van der Waals surface area contributed by atoms with Crippen molar-refractivity contribution in [2.45, 2.75) is 32.3 Å². The van der Waals surface area contributed by atoms with Crippen molar-refractivity contribution in [3.63, 3.8) is 0 Å². The van der Waals surface area contributed by atoms with E-state index in [1.54, 1.807) is 12.1 Å². The fraction of sp³-hybridized carbons (Fsp3) is 0.533. The van der Waals surface area contributed by atoms with Gasteiger partial charge in [-0.3, -0.25) is 0 Å². The number of anilines is 1. The van der Waals surface area contributed by atoms with Crippen LogP contribution in [0.5, 0.6) is 0 Å². The Labute approximate surface area is 124 Å². The molecule has 5 nitrogen and oxygen atoms in total. The lowest BCUT2D eigenvalue weighted by molar-refractivity contribution is 0.0440. The third-order valence-corrected chi connectivity index (χ3v) is 3.63. The van der Waals surface area contributed by atoms with Crippen molar-refractivity contribution in [3.05, 3.63) is 29.6 Å². The summed E-state index contributed by atoms with van der Waals surface area (Å²) in [5, 5.41) is 11.8. The minimum atomic E-state index is -0.487. The highest BCUT2D eigenvalue weighted by Gasteiger charge is 2.24.